The zero-order chi connectivity index (χ0) is 12.7. The number of ether oxygens (including phenoxy) is 1. The molecule has 0 spiro atoms. The zero-order valence-corrected chi connectivity index (χ0v) is 10.4. The van der Waals surface area contributed by atoms with Gasteiger partial charge in [-0.2, -0.15) is 0 Å². The molecule has 1 aliphatic rings. The molecule has 0 unspecified atom stereocenters. The van der Waals surface area contributed by atoms with Gasteiger partial charge in [0.25, 0.3) is 0 Å². The molecule has 1 aliphatic heterocycles. The van der Waals surface area contributed by atoms with Crippen molar-refractivity contribution in [2.24, 2.45) is 0 Å². The highest BCUT2D eigenvalue weighted by molar-refractivity contribution is 5.80. The maximum atomic E-state index is 11.7. The van der Waals surface area contributed by atoms with Crippen LogP contribution in [0.1, 0.15) is 24.2 Å². The highest BCUT2D eigenvalue weighted by Crippen LogP contribution is 2.34. The molecule has 1 atom stereocenters. The Hall–Kier alpha value is -2.10. The maximum Gasteiger partial charge on any atom is 0.410 e. The van der Waals surface area contributed by atoms with Crippen LogP contribution in [0.4, 0.5) is 4.79 Å². The number of methoxy groups -OCH3 is 1. The van der Waals surface area contributed by atoms with Gasteiger partial charge >= 0.3 is 6.09 Å². The van der Waals surface area contributed by atoms with E-state index in [0.717, 1.165) is 22.2 Å². The van der Waals surface area contributed by atoms with E-state index in [9.17, 15) is 4.79 Å². The number of carbonyl (C=O) groups is 1. The number of fused-ring (bicyclic) bond motifs is 2. The van der Waals surface area contributed by atoms with Crippen molar-refractivity contribution in [1.82, 2.24) is 9.88 Å². The Morgan fingerprint density at radius 1 is 1.44 bits per heavy atom. The van der Waals surface area contributed by atoms with Gasteiger partial charge in [-0.25, -0.2) is 4.79 Å². The van der Waals surface area contributed by atoms with Gasteiger partial charge < -0.3 is 4.74 Å². The fourth-order valence-corrected chi connectivity index (χ4v) is 2.47. The van der Waals surface area contributed by atoms with Crippen molar-refractivity contribution in [1.29, 1.82) is 0 Å². The molecule has 1 aromatic heterocycles. The first-order chi connectivity index (χ1) is 8.70. The van der Waals surface area contributed by atoms with Crippen LogP contribution in [0.2, 0.25) is 0 Å². The van der Waals surface area contributed by atoms with Gasteiger partial charge in [0.2, 0.25) is 0 Å². The molecule has 92 valence electrons. The number of pyridine rings is 1. The lowest BCUT2D eigenvalue weighted by atomic mass is 10.1. The summed E-state index contributed by atoms with van der Waals surface area (Å²) >= 11 is 0. The quantitative estimate of drug-likeness (QED) is 0.713. The molecule has 0 bridgehead atoms. The number of rotatable bonds is 0. The van der Waals surface area contributed by atoms with Crippen molar-refractivity contribution in [2.75, 3.05) is 7.11 Å². The number of nitrogens with zero attached hydrogens (tertiary/aromatic N) is 2. The van der Waals surface area contributed by atoms with E-state index in [2.05, 4.69) is 11.1 Å². The summed E-state index contributed by atoms with van der Waals surface area (Å²) in [6.07, 6.45) is -0.301. The Balaban J connectivity index is 2.09. The summed E-state index contributed by atoms with van der Waals surface area (Å²) in [5.41, 5.74) is 3.04. The van der Waals surface area contributed by atoms with Crippen LogP contribution in [-0.4, -0.2) is 23.1 Å². The fraction of sp³-hybridized carbons (Fsp3) is 0.286. The van der Waals surface area contributed by atoms with Crippen LogP contribution in [0.5, 0.6) is 0 Å². The summed E-state index contributed by atoms with van der Waals surface area (Å²) in [6.45, 7) is 2.55. The molecule has 1 aromatic carbocycles. The summed E-state index contributed by atoms with van der Waals surface area (Å²) < 4.78 is 4.79. The third-order valence-electron chi connectivity index (χ3n) is 3.45. The lowest BCUT2D eigenvalue weighted by Crippen LogP contribution is -2.27. The minimum absolute atomic E-state index is 0.0305. The van der Waals surface area contributed by atoms with Gasteiger partial charge in [-0.05, 0) is 24.6 Å². The molecule has 0 N–H and O–H groups in total. The normalized spacial score (nSPS) is 17.9. The van der Waals surface area contributed by atoms with Gasteiger partial charge in [0.05, 0.1) is 30.9 Å². The van der Waals surface area contributed by atoms with E-state index in [1.54, 1.807) is 4.90 Å². The van der Waals surface area contributed by atoms with E-state index in [1.165, 1.54) is 7.11 Å². The van der Waals surface area contributed by atoms with Crippen molar-refractivity contribution < 1.29 is 9.53 Å². The van der Waals surface area contributed by atoms with Crippen molar-refractivity contribution in [3.63, 3.8) is 0 Å². The molecule has 18 heavy (non-hydrogen) atoms. The second kappa shape index (κ2) is 3.98. The SMILES string of the molecule is COC(=O)N1Cc2cc3ccccc3nc2[C@@H]1C. The molecular weight excluding hydrogens is 228 g/mol. The first kappa shape index (κ1) is 11.0. The van der Waals surface area contributed by atoms with Crippen molar-refractivity contribution >= 4 is 17.0 Å². The largest absolute Gasteiger partial charge is 0.453 e. The van der Waals surface area contributed by atoms with Crippen molar-refractivity contribution in [2.45, 2.75) is 19.5 Å². The maximum absolute atomic E-state index is 11.7. The van der Waals surface area contributed by atoms with Gasteiger partial charge in [0.15, 0.2) is 0 Å². The van der Waals surface area contributed by atoms with Crippen molar-refractivity contribution in [3.8, 4) is 0 Å². The van der Waals surface area contributed by atoms with Crippen LogP contribution >= 0.6 is 0 Å². The van der Waals surface area contributed by atoms with Gasteiger partial charge in [-0.15, -0.1) is 0 Å². The van der Waals surface area contributed by atoms with Crippen LogP contribution in [0.25, 0.3) is 10.9 Å². The Kier molecular flexibility index (Phi) is 2.44. The third kappa shape index (κ3) is 1.53. The molecule has 4 heteroatoms. The van der Waals surface area contributed by atoms with Crippen LogP contribution in [0, 0.1) is 0 Å². The first-order valence-corrected chi connectivity index (χ1v) is 5.94. The number of hydrogen-bond donors (Lipinski definition) is 0. The molecule has 2 heterocycles. The molecule has 3 rings (SSSR count). The number of carbonyl (C=O) groups excluding carboxylic acids is 1. The second-order valence-electron chi connectivity index (χ2n) is 4.50. The summed E-state index contributed by atoms with van der Waals surface area (Å²) in [4.78, 5) is 18.0. The third-order valence-corrected chi connectivity index (χ3v) is 3.45. The minimum Gasteiger partial charge on any atom is -0.453 e. The number of para-hydroxylation sites is 1. The molecule has 0 saturated carbocycles. The lowest BCUT2D eigenvalue weighted by Gasteiger charge is -2.19. The predicted octanol–water partition coefficient (Wildman–Crippen LogP) is 2.88. The molecule has 0 radical (unpaired) electrons. The monoisotopic (exact) mass is 242 g/mol. The highest BCUT2D eigenvalue weighted by Gasteiger charge is 2.32. The van der Waals surface area contributed by atoms with E-state index in [0.29, 0.717) is 6.54 Å². The second-order valence-corrected chi connectivity index (χ2v) is 4.50. The topological polar surface area (TPSA) is 42.4 Å². The van der Waals surface area contributed by atoms with E-state index in [1.807, 2.05) is 31.2 Å². The predicted molar refractivity (Wildman–Crippen MR) is 68.1 cm³/mol. The van der Waals surface area contributed by atoms with Gasteiger partial charge in [-0.3, -0.25) is 9.88 Å². The Morgan fingerprint density at radius 2 is 2.22 bits per heavy atom. The van der Waals surface area contributed by atoms with Crippen LogP contribution in [0.15, 0.2) is 30.3 Å². The first-order valence-electron chi connectivity index (χ1n) is 5.94. The number of aromatic nitrogens is 1. The lowest BCUT2D eigenvalue weighted by molar-refractivity contribution is 0.111. The number of benzene rings is 1. The summed E-state index contributed by atoms with van der Waals surface area (Å²) in [7, 11) is 1.40. The standard InChI is InChI=1S/C14H14N2O2/c1-9-13-11(8-16(9)14(17)18-2)7-10-5-3-4-6-12(10)15-13/h3-7,9H,8H2,1-2H3/t9-/m0/s1. The van der Waals surface area contributed by atoms with Crippen LogP contribution < -0.4 is 0 Å². The number of amides is 1. The fourth-order valence-electron chi connectivity index (χ4n) is 2.47. The average molecular weight is 242 g/mol. The van der Waals surface area contributed by atoms with Gasteiger partial charge in [0, 0.05) is 5.39 Å². The van der Waals surface area contributed by atoms with Crippen LogP contribution in [0.3, 0.4) is 0 Å². The Bertz CT molecular complexity index is 624. The summed E-state index contributed by atoms with van der Waals surface area (Å²) in [5, 5.41) is 1.11. The summed E-state index contributed by atoms with van der Waals surface area (Å²) in [5.74, 6) is 0. The van der Waals surface area contributed by atoms with E-state index in [4.69, 9.17) is 4.74 Å². The van der Waals surface area contributed by atoms with Crippen LogP contribution in [-0.2, 0) is 11.3 Å². The summed E-state index contributed by atoms with van der Waals surface area (Å²) in [6, 6.07) is 10.1. The smallest absolute Gasteiger partial charge is 0.410 e. The van der Waals surface area contributed by atoms with E-state index >= 15 is 0 Å². The highest BCUT2D eigenvalue weighted by atomic mass is 16.5. The van der Waals surface area contributed by atoms with Gasteiger partial charge in [0.1, 0.15) is 0 Å². The molecular formula is C14H14N2O2. The molecule has 0 saturated heterocycles. The average Bonchev–Trinajstić information content (AvgIpc) is 2.72. The zero-order valence-electron chi connectivity index (χ0n) is 10.4. The Morgan fingerprint density at radius 3 is 3.00 bits per heavy atom. The Labute approximate surface area is 105 Å². The van der Waals surface area contributed by atoms with Crippen molar-refractivity contribution in [3.05, 3.63) is 41.6 Å². The van der Waals surface area contributed by atoms with Gasteiger partial charge in [-0.1, -0.05) is 18.2 Å². The molecule has 1 amide bonds. The van der Waals surface area contributed by atoms with E-state index < -0.39 is 0 Å². The molecule has 0 fully saturated rings. The molecule has 4 nitrogen and oxygen atoms in total. The molecule has 0 aliphatic carbocycles. The van der Waals surface area contributed by atoms with E-state index in [-0.39, 0.29) is 12.1 Å². The minimum atomic E-state index is -0.301. The molecule has 2 aromatic rings. The number of hydrogen-bond acceptors (Lipinski definition) is 3.